The van der Waals surface area contributed by atoms with Crippen molar-refractivity contribution >= 4 is 11.5 Å². The van der Waals surface area contributed by atoms with Crippen LogP contribution in [0.1, 0.15) is 25.7 Å². The summed E-state index contributed by atoms with van der Waals surface area (Å²) in [7, 11) is 1.87. The molecule has 1 fully saturated rings. The molecule has 1 aliphatic rings. The van der Waals surface area contributed by atoms with Crippen molar-refractivity contribution in [2.75, 3.05) is 18.5 Å². The molecular weight excluding hydrogens is 246 g/mol. The average Bonchev–Trinajstić information content (AvgIpc) is 2.96. The molecule has 1 saturated carbocycles. The zero-order valence-electron chi connectivity index (χ0n) is 10.8. The van der Waals surface area contributed by atoms with Gasteiger partial charge in [-0.1, -0.05) is 12.8 Å². The predicted octanol–water partition coefficient (Wildman–Crippen LogP) is 0.159. The zero-order valence-corrected chi connectivity index (χ0v) is 10.8. The lowest BCUT2D eigenvalue weighted by atomic mass is 10.0. The lowest BCUT2D eigenvalue weighted by Gasteiger charge is -2.29. The Balaban J connectivity index is 1.86. The lowest BCUT2D eigenvalue weighted by Crippen LogP contribution is -2.39. The summed E-state index contributed by atoms with van der Waals surface area (Å²) in [6, 6.07) is 3.53. The molecular formula is C12H17N5O2. The number of hydrogen-bond donors (Lipinski definition) is 2. The number of aromatic amines is 1. The quantitative estimate of drug-likeness (QED) is 0.823. The molecule has 0 amide bonds. The van der Waals surface area contributed by atoms with E-state index in [0.29, 0.717) is 18.0 Å². The molecule has 0 radical (unpaired) electrons. The Hall–Kier alpha value is -1.89. The van der Waals surface area contributed by atoms with Crippen LogP contribution in [0.25, 0.3) is 5.65 Å². The number of aromatic nitrogens is 4. The highest BCUT2D eigenvalue weighted by atomic mass is 16.3. The maximum Gasteiger partial charge on any atom is 0.364 e. The second-order valence-corrected chi connectivity index (χ2v) is 5.28. The summed E-state index contributed by atoms with van der Waals surface area (Å²) in [4.78, 5) is 13.4. The van der Waals surface area contributed by atoms with Crippen molar-refractivity contribution in [2.45, 2.75) is 31.3 Å². The summed E-state index contributed by atoms with van der Waals surface area (Å²) < 4.78 is 1.23. The Morgan fingerprint density at radius 3 is 2.95 bits per heavy atom. The van der Waals surface area contributed by atoms with E-state index in [1.165, 1.54) is 4.52 Å². The van der Waals surface area contributed by atoms with Gasteiger partial charge in [0.2, 0.25) is 0 Å². The number of hydrogen-bond acceptors (Lipinski definition) is 5. The molecule has 0 atom stereocenters. The fraction of sp³-hybridized carbons (Fsp3) is 0.583. The molecule has 7 heteroatoms. The second-order valence-electron chi connectivity index (χ2n) is 5.28. The van der Waals surface area contributed by atoms with Crippen molar-refractivity contribution in [1.29, 1.82) is 0 Å². The SMILES string of the molecule is CN(CC1(O)CCCC1)c1ccc2n[nH]c(=O)n2n1. The zero-order chi connectivity index (χ0) is 13.5. The number of anilines is 1. The van der Waals surface area contributed by atoms with E-state index in [1.807, 2.05) is 11.9 Å². The number of nitrogens with zero attached hydrogens (tertiary/aromatic N) is 4. The lowest BCUT2D eigenvalue weighted by molar-refractivity contribution is 0.0557. The number of H-pyrrole nitrogens is 1. The molecule has 0 saturated heterocycles. The molecule has 0 unspecified atom stereocenters. The van der Waals surface area contributed by atoms with Gasteiger partial charge in [-0.25, -0.2) is 9.89 Å². The Bertz CT molecular complexity index is 641. The fourth-order valence-electron chi connectivity index (χ4n) is 2.71. The first kappa shape index (κ1) is 12.2. The average molecular weight is 263 g/mol. The summed E-state index contributed by atoms with van der Waals surface area (Å²) in [5.74, 6) is 0.649. The first-order valence-electron chi connectivity index (χ1n) is 6.45. The van der Waals surface area contributed by atoms with Gasteiger partial charge in [0, 0.05) is 13.6 Å². The third kappa shape index (κ3) is 2.21. The topological polar surface area (TPSA) is 86.5 Å². The van der Waals surface area contributed by atoms with E-state index in [-0.39, 0.29) is 5.69 Å². The van der Waals surface area contributed by atoms with Crippen LogP contribution < -0.4 is 10.6 Å². The predicted molar refractivity (Wildman–Crippen MR) is 70.3 cm³/mol. The minimum absolute atomic E-state index is 0.357. The Morgan fingerprint density at radius 2 is 2.21 bits per heavy atom. The highest BCUT2D eigenvalue weighted by molar-refractivity contribution is 5.44. The number of nitrogens with one attached hydrogen (secondary N) is 1. The number of fused-ring (bicyclic) bond motifs is 1. The van der Waals surface area contributed by atoms with Gasteiger partial charge in [-0.2, -0.15) is 9.61 Å². The number of aliphatic hydroxyl groups is 1. The van der Waals surface area contributed by atoms with Gasteiger partial charge in [0.1, 0.15) is 5.82 Å². The van der Waals surface area contributed by atoms with E-state index in [0.717, 1.165) is 25.7 Å². The van der Waals surface area contributed by atoms with E-state index in [9.17, 15) is 9.90 Å². The first-order chi connectivity index (χ1) is 9.07. The van der Waals surface area contributed by atoms with Crippen LogP contribution in [0.15, 0.2) is 16.9 Å². The van der Waals surface area contributed by atoms with Crippen molar-refractivity contribution in [3.05, 3.63) is 22.6 Å². The van der Waals surface area contributed by atoms with Gasteiger partial charge in [-0.05, 0) is 25.0 Å². The van der Waals surface area contributed by atoms with E-state index >= 15 is 0 Å². The standard InChI is InChI=1S/C12H17N5O2/c1-16(8-12(19)6-2-3-7-12)10-5-4-9-13-14-11(18)17(9)15-10/h4-5,19H,2-3,6-8H2,1H3,(H,14,18). The largest absolute Gasteiger partial charge is 0.388 e. The molecule has 1 aliphatic carbocycles. The molecule has 2 aromatic heterocycles. The van der Waals surface area contributed by atoms with Crippen LogP contribution in [0, 0.1) is 0 Å². The maximum atomic E-state index is 11.5. The second kappa shape index (κ2) is 4.34. The summed E-state index contributed by atoms with van der Waals surface area (Å²) in [5.41, 5.74) is -0.501. The molecule has 2 aromatic rings. The molecule has 102 valence electrons. The van der Waals surface area contributed by atoms with E-state index in [2.05, 4.69) is 15.3 Å². The van der Waals surface area contributed by atoms with Gasteiger partial charge >= 0.3 is 5.69 Å². The van der Waals surface area contributed by atoms with Crippen LogP contribution in [0.3, 0.4) is 0 Å². The third-order valence-electron chi connectivity index (χ3n) is 3.72. The van der Waals surface area contributed by atoms with Gasteiger partial charge < -0.3 is 10.0 Å². The smallest absolute Gasteiger partial charge is 0.364 e. The molecule has 0 aliphatic heterocycles. The Morgan fingerprint density at radius 1 is 1.47 bits per heavy atom. The fourth-order valence-corrected chi connectivity index (χ4v) is 2.71. The van der Waals surface area contributed by atoms with Gasteiger partial charge in [0.05, 0.1) is 5.60 Å². The third-order valence-corrected chi connectivity index (χ3v) is 3.72. The summed E-state index contributed by atoms with van der Waals surface area (Å²) >= 11 is 0. The summed E-state index contributed by atoms with van der Waals surface area (Å²) in [6.45, 7) is 0.526. The highest BCUT2D eigenvalue weighted by Gasteiger charge is 2.32. The van der Waals surface area contributed by atoms with Crippen LogP contribution in [-0.4, -0.2) is 44.1 Å². The molecule has 0 aromatic carbocycles. The Labute approximate surface area is 109 Å². The van der Waals surface area contributed by atoms with Crippen molar-refractivity contribution in [3.63, 3.8) is 0 Å². The number of likely N-dealkylation sites (N-methyl/N-ethyl adjacent to an activating group) is 1. The van der Waals surface area contributed by atoms with Crippen molar-refractivity contribution < 1.29 is 5.11 Å². The van der Waals surface area contributed by atoms with Crippen LogP contribution in [0.2, 0.25) is 0 Å². The molecule has 7 nitrogen and oxygen atoms in total. The maximum absolute atomic E-state index is 11.5. The molecule has 3 rings (SSSR count). The van der Waals surface area contributed by atoms with E-state index in [1.54, 1.807) is 12.1 Å². The minimum Gasteiger partial charge on any atom is -0.388 e. The molecule has 2 heterocycles. The van der Waals surface area contributed by atoms with Gasteiger partial charge in [0.25, 0.3) is 0 Å². The molecule has 19 heavy (non-hydrogen) atoms. The van der Waals surface area contributed by atoms with Crippen LogP contribution in [0.4, 0.5) is 5.82 Å². The molecule has 0 bridgehead atoms. The van der Waals surface area contributed by atoms with Crippen LogP contribution >= 0.6 is 0 Å². The molecule has 2 N–H and O–H groups in total. The van der Waals surface area contributed by atoms with Crippen LogP contribution in [0.5, 0.6) is 0 Å². The van der Waals surface area contributed by atoms with Crippen molar-refractivity contribution in [3.8, 4) is 0 Å². The minimum atomic E-state index is -0.632. The summed E-state index contributed by atoms with van der Waals surface area (Å²) in [5, 5.41) is 20.8. The van der Waals surface area contributed by atoms with Crippen molar-refractivity contribution in [2.24, 2.45) is 0 Å². The van der Waals surface area contributed by atoms with Crippen molar-refractivity contribution in [1.82, 2.24) is 19.8 Å². The number of rotatable bonds is 3. The van der Waals surface area contributed by atoms with Gasteiger partial charge in [0.15, 0.2) is 5.65 Å². The Kier molecular flexibility index (Phi) is 2.78. The monoisotopic (exact) mass is 263 g/mol. The van der Waals surface area contributed by atoms with Gasteiger partial charge in [-0.3, -0.25) is 0 Å². The van der Waals surface area contributed by atoms with Gasteiger partial charge in [-0.15, -0.1) is 5.10 Å². The molecule has 0 spiro atoms. The first-order valence-corrected chi connectivity index (χ1v) is 6.45. The van der Waals surface area contributed by atoms with E-state index in [4.69, 9.17) is 0 Å². The van der Waals surface area contributed by atoms with Crippen LogP contribution in [-0.2, 0) is 0 Å². The summed E-state index contributed by atoms with van der Waals surface area (Å²) in [6.07, 6.45) is 3.78. The normalized spacial score (nSPS) is 18.0. The van der Waals surface area contributed by atoms with E-state index < -0.39 is 5.60 Å². The highest BCUT2D eigenvalue weighted by Crippen LogP contribution is 2.30.